The van der Waals surface area contributed by atoms with Gasteiger partial charge in [0.15, 0.2) is 0 Å². The first kappa shape index (κ1) is 19.4. The van der Waals surface area contributed by atoms with Gasteiger partial charge in [0.1, 0.15) is 6.04 Å². The van der Waals surface area contributed by atoms with Gasteiger partial charge in [-0.25, -0.2) is 9.59 Å². The fourth-order valence-electron chi connectivity index (χ4n) is 5.43. The first-order chi connectivity index (χ1) is 14.5. The number of nitrogens with one attached hydrogen (secondary N) is 1. The van der Waals surface area contributed by atoms with Crippen LogP contribution in [0.5, 0.6) is 0 Å². The molecule has 2 saturated carbocycles. The highest BCUT2D eigenvalue weighted by molar-refractivity contribution is 6.05. The van der Waals surface area contributed by atoms with Crippen LogP contribution in [0.25, 0.3) is 0 Å². The number of piperazine rings is 1. The van der Waals surface area contributed by atoms with Crippen LogP contribution in [0, 0.1) is 0 Å². The average Bonchev–Trinajstić information content (AvgIpc) is 3.50. The summed E-state index contributed by atoms with van der Waals surface area (Å²) in [7, 11) is 0. The van der Waals surface area contributed by atoms with Crippen LogP contribution < -0.4 is 5.32 Å². The predicted octanol–water partition coefficient (Wildman–Crippen LogP) is 2.92. The molecule has 7 nitrogen and oxygen atoms in total. The Morgan fingerprint density at radius 1 is 1.07 bits per heavy atom. The molecular formula is C23H30N4O3. The third-order valence-corrected chi connectivity index (χ3v) is 7.32. The zero-order valence-corrected chi connectivity index (χ0v) is 17.5. The predicted molar refractivity (Wildman–Crippen MR) is 112 cm³/mol. The second-order valence-electron chi connectivity index (χ2n) is 9.52. The van der Waals surface area contributed by atoms with E-state index in [9.17, 15) is 14.4 Å². The van der Waals surface area contributed by atoms with E-state index in [1.807, 2.05) is 18.2 Å². The van der Waals surface area contributed by atoms with Crippen LogP contribution in [0.2, 0.25) is 0 Å². The van der Waals surface area contributed by atoms with Crippen molar-refractivity contribution in [2.75, 3.05) is 19.6 Å². The number of amides is 5. The van der Waals surface area contributed by atoms with Crippen LogP contribution in [0.1, 0.15) is 56.9 Å². The Labute approximate surface area is 177 Å². The van der Waals surface area contributed by atoms with E-state index in [-0.39, 0.29) is 42.0 Å². The highest BCUT2D eigenvalue weighted by atomic mass is 16.2. The largest absolute Gasteiger partial charge is 0.333 e. The van der Waals surface area contributed by atoms with Crippen LogP contribution >= 0.6 is 0 Å². The molecular weight excluding hydrogens is 380 g/mol. The molecule has 2 heterocycles. The maximum Gasteiger partial charge on any atom is 0.327 e. The van der Waals surface area contributed by atoms with Crippen molar-refractivity contribution in [1.82, 2.24) is 20.0 Å². The summed E-state index contributed by atoms with van der Waals surface area (Å²) in [5.74, 6) is 0.0796. The van der Waals surface area contributed by atoms with Gasteiger partial charge in [-0.15, -0.1) is 0 Å². The molecule has 0 spiro atoms. The summed E-state index contributed by atoms with van der Waals surface area (Å²) in [6, 6.07) is 9.17. The van der Waals surface area contributed by atoms with Crippen molar-refractivity contribution in [1.29, 1.82) is 0 Å². The molecule has 0 unspecified atom stereocenters. The zero-order valence-electron chi connectivity index (χ0n) is 17.5. The highest BCUT2D eigenvalue weighted by Crippen LogP contribution is 2.46. The summed E-state index contributed by atoms with van der Waals surface area (Å²) in [5.41, 5.74) is 1.01. The molecule has 4 fully saturated rings. The number of imide groups is 1. The molecule has 30 heavy (non-hydrogen) atoms. The molecule has 1 aromatic carbocycles. The van der Waals surface area contributed by atoms with Crippen molar-refractivity contribution in [3.05, 3.63) is 35.9 Å². The maximum absolute atomic E-state index is 13.1. The van der Waals surface area contributed by atoms with Gasteiger partial charge in [-0.05, 0) is 31.7 Å². The van der Waals surface area contributed by atoms with Crippen molar-refractivity contribution in [3.8, 4) is 0 Å². The summed E-state index contributed by atoms with van der Waals surface area (Å²) >= 11 is 0. The number of fused-ring (bicyclic) bond motifs is 1. The minimum Gasteiger partial charge on any atom is -0.333 e. The number of hydrogen-bond donors (Lipinski definition) is 1. The quantitative estimate of drug-likeness (QED) is 0.779. The van der Waals surface area contributed by atoms with E-state index in [2.05, 4.69) is 24.4 Å². The molecule has 7 heteroatoms. The normalized spacial score (nSPS) is 30.3. The number of carbonyl (C=O) groups excluding carboxylic acids is 3. The van der Waals surface area contributed by atoms with Crippen LogP contribution in [0.3, 0.4) is 0 Å². The number of rotatable bonds is 3. The van der Waals surface area contributed by atoms with Gasteiger partial charge in [-0.1, -0.05) is 49.6 Å². The van der Waals surface area contributed by atoms with E-state index >= 15 is 0 Å². The van der Waals surface area contributed by atoms with Crippen LogP contribution in [0.15, 0.2) is 30.3 Å². The second kappa shape index (κ2) is 7.29. The molecule has 1 N–H and O–H groups in total. The molecule has 5 rings (SSSR count). The second-order valence-corrected chi connectivity index (χ2v) is 9.52. The van der Waals surface area contributed by atoms with Crippen LogP contribution in [0.4, 0.5) is 9.59 Å². The summed E-state index contributed by atoms with van der Waals surface area (Å²) < 4.78 is 0. The van der Waals surface area contributed by atoms with Gasteiger partial charge in [0.05, 0.1) is 6.54 Å². The molecule has 0 bridgehead atoms. The third kappa shape index (κ3) is 3.34. The van der Waals surface area contributed by atoms with Crippen molar-refractivity contribution >= 4 is 18.0 Å². The number of benzene rings is 1. The SMILES string of the molecule is CC1(NC(=O)N2CCN3C(=O)N([C@H]4C[C@@H]4c4ccccc4)C(=O)[C@@H]3C2)CCCCC1. The van der Waals surface area contributed by atoms with Gasteiger partial charge in [0, 0.05) is 30.6 Å². The Hall–Kier alpha value is -2.57. The number of carbonyl (C=O) groups is 3. The lowest BCUT2D eigenvalue weighted by atomic mass is 9.83. The van der Waals surface area contributed by atoms with Gasteiger partial charge >= 0.3 is 12.1 Å². The first-order valence-corrected chi connectivity index (χ1v) is 11.2. The fourth-order valence-corrected chi connectivity index (χ4v) is 5.43. The van der Waals surface area contributed by atoms with Gasteiger partial charge in [-0.3, -0.25) is 9.69 Å². The molecule has 4 aliphatic rings. The van der Waals surface area contributed by atoms with Gasteiger partial charge in [0.2, 0.25) is 0 Å². The molecule has 2 aliphatic heterocycles. The Morgan fingerprint density at radius 2 is 1.80 bits per heavy atom. The van der Waals surface area contributed by atoms with E-state index in [0.29, 0.717) is 13.1 Å². The highest BCUT2D eigenvalue weighted by Gasteiger charge is 2.56. The third-order valence-electron chi connectivity index (χ3n) is 7.32. The number of hydrogen-bond acceptors (Lipinski definition) is 3. The molecule has 0 aromatic heterocycles. The number of urea groups is 2. The van der Waals surface area contributed by atoms with E-state index in [1.165, 1.54) is 16.9 Å². The lowest BCUT2D eigenvalue weighted by Gasteiger charge is -2.40. The summed E-state index contributed by atoms with van der Waals surface area (Å²) in [4.78, 5) is 43.8. The molecule has 2 saturated heterocycles. The van der Waals surface area contributed by atoms with Crippen molar-refractivity contribution < 1.29 is 14.4 Å². The summed E-state index contributed by atoms with van der Waals surface area (Å²) in [6.07, 6.45) is 6.32. The van der Waals surface area contributed by atoms with E-state index in [1.54, 1.807) is 9.80 Å². The van der Waals surface area contributed by atoms with Crippen molar-refractivity contribution in [2.45, 2.75) is 69.0 Å². The van der Waals surface area contributed by atoms with Gasteiger partial charge in [-0.2, -0.15) is 0 Å². The Kier molecular flexibility index (Phi) is 4.71. The smallest absolute Gasteiger partial charge is 0.327 e. The molecule has 3 atom stereocenters. The molecule has 160 valence electrons. The first-order valence-electron chi connectivity index (χ1n) is 11.2. The molecule has 1 aromatic rings. The van der Waals surface area contributed by atoms with Crippen LogP contribution in [-0.4, -0.2) is 69.9 Å². The maximum atomic E-state index is 13.1. The number of nitrogens with zero attached hydrogens (tertiary/aromatic N) is 3. The summed E-state index contributed by atoms with van der Waals surface area (Å²) in [5, 5.41) is 3.20. The lowest BCUT2D eigenvalue weighted by Crippen LogP contribution is -2.59. The van der Waals surface area contributed by atoms with E-state index in [4.69, 9.17) is 0 Å². The van der Waals surface area contributed by atoms with E-state index < -0.39 is 6.04 Å². The lowest BCUT2D eigenvalue weighted by molar-refractivity contribution is -0.129. The van der Waals surface area contributed by atoms with Crippen molar-refractivity contribution in [3.63, 3.8) is 0 Å². The van der Waals surface area contributed by atoms with Gasteiger partial charge < -0.3 is 15.1 Å². The molecule has 5 amide bonds. The van der Waals surface area contributed by atoms with Crippen molar-refractivity contribution in [2.24, 2.45) is 0 Å². The minimum atomic E-state index is -0.548. The topological polar surface area (TPSA) is 73.0 Å². The Morgan fingerprint density at radius 3 is 2.53 bits per heavy atom. The standard InChI is InChI=1S/C23H30N4O3/c1-23(10-6-3-7-11-23)24-21(29)25-12-13-26-19(15-25)20(28)27(22(26)30)18-14-17(18)16-8-4-2-5-9-16/h2,4-5,8-9,17-19H,3,6-7,10-15H2,1H3,(H,24,29)/t17-,18+,19+/m1/s1. The Bertz CT molecular complexity index is 851. The molecule has 0 radical (unpaired) electrons. The zero-order chi connectivity index (χ0) is 20.9. The van der Waals surface area contributed by atoms with Gasteiger partial charge in [0.25, 0.3) is 5.91 Å². The monoisotopic (exact) mass is 410 g/mol. The minimum absolute atomic E-state index is 0.0542. The molecule has 2 aliphatic carbocycles. The van der Waals surface area contributed by atoms with Crippen LogP contribution in [-0.2, 0) is 4.79 Å². The average molecular weight is 411 g/mol. The summed E-state index contributed by atoms with van der Waals surface area (Å²) in [6.45, 7) is 3.28. The van der Waals surface area contributed by atoms with E-state index in [0.717, 1.165) is 32.1 Å². The fraction of sp³-hybridized carbons (Fsp3) is 0.609. The Balaban J connectivity index is 1.24.